The van der Waals surface area contributed by atoms with E-state index in [-0.39, 0.29) is 5.91 Å². The average Bonchev–Trinajstić information content (AvgIpc) is 2.38. The highest BCUT2D eigenvalue weighted by atomic mass is 127. The molecule has 1 saturated carbocycles. The van der Waals surface area contributed by atoms with Crippen molar-refractivity contribution >= 4 is 44.4 Å². The van der Waals surface area contributed by atoms with Crippen LogP contribution in [-0.4, -0.2) is 17.3 Å². The van der Waals surface area contributed by atoms with E-state index in [4.69, 9.17) is 0 Å². The number of benzene rings is 1. The van der Waals surface area contributed by atoms with Crippen LogP contribution >= 0.6 is 38.5 Å². The summed E-state index contributed by atoms with van der Waals surface area (Å²) in [6.07, 6.45) is 4.87. The number of hydrogen-bond acceptors (Lipinski definition) is 1. The molecule has 1 N–H and O–H groups in total. The monoisotopic (exact) mass is 421 g/mol. The summed E-state index contributed by atoms with van der Waals surface area (Å²) < 4.78 is 1.01. The lowest BCUT2D eigenvalue weighted by atomic mass is 9.89. The molecule has 18 heavy (non-hydrogen) atoms. The smallest absolute Gasteiger partial charge is 0.252 e. The zero-order valence-electron chi connectivity index (χ0n) is 10.2. The molecule has 0 aromatic heterocycles. The summed E-state index contributed by atoms with van der Waals surface area (Å²) in [4.78, 5) is 12.7. The number of rotatable bonds is 3. The second-order valence-corrected chi connectivity index (χ2v) is 7.27. The molecule has 1 amide bonds. The summed E-state index contributed by atoms with van der Waals surface area (Å²) in [5.74, 6) is 0.699. The maximum atomic E-state index is 12.0. The minimum Gasteiger partial charge on any atom is -0.352 e. The minimum atomic E-state index is 0.0564. The molecule has 1 aliphatic rings. The molecule has 0 saturated heterocycles. The molecule has 98 valence electrons. The molecular weight excluding hydrogens is 405 g/mol. The van der Waals surface area contributed by atoms with Crippen LogP contribution in [0.4, 0.5) is 0 Å². The predicted octanol–water partition coefficient (Wildman–Crippen LogP) is 3.97. The fraction of sp³-hybridized carbons (Fsp3) is 0.500. The average molecular weight is 422 g/mol. The molecule has 1 aliphatic carbocycles. The highest BCUT2D eigenvalue weighted by molar-refractivity contribution is 14.1. The van der Waals surface area contributed by atoms with Gasteiger partial charge in [-0.25, -0.2) is 0 Å². The molecule has 0 bridgehead atoms. The highest BCUT2D eigenvalue weighted by Crippen LogP contribution is 2.28. The van der Waals surface area contributed by atoms with Gasteiger partial charge in [0.15, 0.2) is 0 Å². The van der Waals surface area contributed by atoms with Crippen molar-refractivity contribution in [3.8, 4) is 0 Å². The van der Waals surface area contributed by atoms with Crippen molar-refractivity contribution in [2.45, 2.75) is 30.5 Å². The summed E-state index contributed by atoms with van der Waals surface area (Å²) in [7, 11) is 0. The number of carbonyl (C=O) groups excluding carboxylic acids is 1. The van der Waals surface area contributed by atoms with Crippen LogP contribution in [0.15, 0.2) is 24.3 Å². The number of carbonyl (C=O) groups is 1. The van der Waals surface area contributed by atoms with Crippen LogP contribution in [-0.2, 0) is 0 Å². The Bertz CT molecular complexity index is 416. The second-order valence-electron chi connectivity index (χ2n) is 4.81. The Morgan fingerprint density at radius 3 is 2.61 bits per heavy atom. The maximum absolute atomic E-state index is 12.0. The summed E-state index contributed by atoms with van der Waals surface area (Å²) in [6.45, 7) is 0.809. The Hall–Kier alpha value is -0.100. The van der Waals surface area contributed by atoms with Crippen molar-refractivity contribution < 1.29 is 4.79 Å². The molecule has 4 heteroatoms. The standard InChI is InChI=1S/C14H17BrINO/c15-11-7-5-10(6-8-11)9-17-14(18)12-3-1-2-4-13(12)16/h1-4,10-11H,5-9H2,(H,17,18). The molecule has 2 rings (SSSR count). The molecule has 0 spiro atoms. The van der Waals surface area contributed by atoms with Crippen molar-refractivity contribution in [3.05, 3.63) is 33.4 Å². The van der Waals surface area contributed by atoms with Gasteiger partial charge < -0.3 is 5.32 Å². The molecule has 1 aromatic carbocycles. The van der Waals surface area contributed by atoms with Crippen molar-refractivity contribution in [2.24, 2.45) is 5.92 Å². The number of hydrogen-bond donors (Lipinski definition) is 1. The van der Waals surface area contributed by atoms with E-state index in [0.29, 0.717) is 10.7 Å². The summed E-state index contributed by atoms with van der Waals surface area (Å²) >= 11 is 5.86. The Kier molecular flexibility index (Phi) is 5.48. The van der Waals surface area contributed by atoms with Crippen LogP contribution < -0.4 is 5.32 Å². The van der Waals surface area contributed by atoms with Crippen molar-refractivity contribution in [2.75, 3.05) is 6.54 Å². The zero-order chi connectivity index (χ0) is 13.0. The fourth-order valence-corrected chi connectivity index (χ4v) is 3.46. The lowest BCUT2D eigenvalue weighted by Gasteiger charge is -2.25. The molecule has 1 fully saturated rings. The second kappa shape index (κ2) is 6.89. The van der Waals surface area contributed by atoms with Gasteiger partial charge in [-0.05, 0) is 66.3 Å². The van der Waals surface area contributed by atoms with Crippen molar-refractivity contribution in [3.63, 3.8) is 0 Å². The van der Waals surface area contributed by atoms with E-state index < -0.39 is 0 Å². The summed E-state index contributed by atoms with van der Waals surface area (Å²) in [5, 5.41) is 3.07. The molecule has 0 radical (unpaired) electrons. The molecular formula is C14H17BrINO. The fourth-order valence-electron chi connectivity index (χ4n) is 2.30. The first-order valence-electron chi connectivity index (χ1n) is 6.33. The van der Waals surface area contributed by atoms with Gasteiger partial charge in [0.1, 0.15) is 0 Å². The third-order valence-corrected chi connectivity index (χ3v) is 5.30. The van der Waals surface area contributed by atoms with Crippen LogP contribution in [0.5, 0.6) is 0 Å². The van der Waals surface area contributed by atoms with Gasteiger partial charge in [0, 0.05) is 14.9 Å². The van der Waals surface area contributed by atoms with Gasteiger partial charge in [-0.15, -0.1) is 0 Å². The third-order valence-electron chi connectivity index (χ3n) is 3.45. The number of nitrogens with one attached hydrogen (secondary N) is 1. The van der Waals surface area contributed by atoms with Crippen molar-refractivity contribution in [1.82, 2.24) is 5.32 Å². The van der Waals surface area contributed by atoms with Crippen LogP contribution in [0.1, 0.15) is 36.0 Å². The van der Waals surface area contributed by atoms with Gasteiger partial charge in [0.25, 0.3) is 5.91 Å². The zero-order valence-corrected chi connectivity index (χ0v) is 13.9. The Morgan fingerprint density at radius 1 is 1.28 bits per heavy atom. The van der Waals surface area contributed by atoms with E-state index in [9.17, 15) is 4.79 Å². The van der Waals surface area contributed by atoms with Crippen LogP contribution in [0.2, 0.25) is 0 Å². The van der Waals surface area contributed by atoms with Gasteiger partial charge in [-0.2, -0.15) is 0 Å². The molecule has 0 heterocycles. The van der Waals surface area contributed by atoms with Crippen LogP contribution in [0.25, 0.3) is 0 Å². The highest BCUT2D eigenvalue weighted by Gasteiger charge is 2.20. The number of amides is 1. The lowest BCUT2D eigenvalue weighted by Crippen LogP contribution is -2.31. The molecule has 0 unspecified atom stereocenters. The molecule has 0 atom stereocenters. The van der Waals surface area contributed by atoms with Crippen LogP contribution in [0, 0.1) is 9.49 Å². The van der Waals surface area contributed by atoms with E-state index in [1.807, 2.05) is 24.3 Å². The molecule has 1 aromatic rings. The molecule has 2 nitrogen and oxygen atoms in total. The number of halogens is 2. The first-order chi connectivity index (χ1) is 8.66. The normalized spacial score (nSPS) is 23.7. The van der Waals surface area contributed by atoms with Gasteiger partial charge in [0.05, 0.1) is 5.56 Å². The first kappa shape index (κ1) is 14.3. The molecule has 0 aliphatic heterocycles. The summed E-state index contributed by atoms with van der Waals surface area (Å²) in [6, 6.07) is 7.71. The van der Waals surface area contributed by atoms with Crippen molar-refractivity contribution in [1.29, 1.82) is 0 Å². The van der Waals surface area contributed by atoms with E-state index in [1.165, 1.54) is 25.7 Å². The lowest BCUT2D eigenvalue weighted by molar-refractivity contribution is 0.0943. The largest absolute Gasteiger partial charge is 0.352 e. The number of alkyl halides is 1. The van der Waals surface area contributed by atoms with Gasteiger partial charge in [-0.3, -0.25) is 4.79 Å². The predicted molar refractivity (Wildman–Crippen MR) is 86.2 cm³/mol. The third kappa shape index (κ3) is 3.95. The SMILES string of the molecule is O=C(NCC1CCC(Br)CC1)c1ccccc1I. The van der Waals surface area contributed by atoms with E-state index in [2.05, 4.69) is 43.8 Å². The van der Waals surface area contributed by atoms with Gasteiger partial charge in [-0.1, -0.05) is 28.1 Å². The Balaban J connectivity index is 1.84. The van der Waals surface area contributed by atoms with E-state index in [0.717, 1.165) is 15.7 Å². The van der Waals surface area contributed by atoms with E-state index >= 15 is 0 Å². The first-order valence-corrected chi connectivity index (χ1v) is 8.33. The topological polar surface area (TPSA) is 29.1 Å². The quantitative estimate of drug-likeness (QED) is 0.580. The van der Waals surface area contributed by atoms with Gasteiger partial charge in [0.2, 0.25) is 0 Å². The maximum Gasteiger partial charge on any atom is 0.252 e. The van der Waals surface area contributed by atoms with E-state index in [1.54, 1.807) is 0 Å². The Morgan fingerprint density at radius 2 is 1.94 bits per heavy atom. The Labute approximate surface area is 130 Å². The summed E-state index contributed by atoms with van der Waals surface area (Å²) in [5.41, 5.74) is 0.785. The van der Waals surface area contributed by atoms with Gasteiger partial charge >= 0.3 is 0 Å². The van der Waals surface area contributed by atoms with Crippen LogP contribution in [0.3, 0.4) is 0 Å². The minimum absolute atomic E-state index is 0.0564.